The maximum atomic E-state index is 15.6. The number of benzene rings is 9. The summed E-state index contributed by atoms with van der Waals surface area (Å²) in [6, 6.07) is 84.7. The number of rotatable bonds is 7. The van der Waals surface area contributed by atoms with Crippen LogP contribution in [0.25, 0.3) is 22.3 Å². The molecule has 11 rings (SSSR count). The van der Waals surface area contributed by atoms with Gasteiger partial charge in [-0.2, -0.15) is 0 Å². The lowest BCUT2D eigenvalue weighted by atomic mass is 9.64. The van der Waals surface area contributed by atoms with Crippen LogP contribution in [0.3, 0.4) is 0 Å². The third kappa shape index (κ3) is 4.75. The Labute approximate surface area is 340 Å². The zero-order valence-electron chi connectivity index (χ0n) is 31.9. The third-order valence-electron chi connectivity index (χ3n) is 12.7. The Kier molecular flexibility index (Phi) is 7.97. The van der Waals surface area contributed by atoms with Crippen molar-refractivity contribution in [2.75, 3.05) is 0 Å². The molecule has 0 bridgehead atoms. The predicted octanol–water partition coefficient (Wildman–Crippen LogP) is 12.1. The molecule has 2 aliphatic rings. The highest BCUT2D eigenvalue weighted by atomic mass is 31.2. The second kappa shape index (κ2) is 13.4. The first-order valence-corrected chi connectivity index (χ1v) is 21.7. The highest BCUT2D eigenvalue weighted by molar-refractivity contribution is 7.85. The molecule has 0 aromatic heterocycles. The van der Waals surface area contributed by atoms with Crippen molar-refractivity contribution in [3.63, 3.8) is 0 Å². The summed E-state index contributed by atoms with van der Waals surface area (Å²) in [6.45, 7) is 0. The smallest absolute Gasteiger partial charge is 0.171 e. The quantitative estimate of drug-likeness (QED) is 0.148. The van der Waals surface area contributed by atoms with Gasteiger partial charge in [0, 0.05) is 15.9 Å². The molecule has 0 fully saturated rings. The standard InChI is InChI=1S/C56H39OP/c57-58(44-23-9-3-10-24-44,45-25-11-4-12-26-45)46-36-33-42(34-37-46)56(52-31-17-13-27-47(52)48-28-14-18-32-53(48)56)43-35-38-50-49-29-15-16-30-51(49)55(54(50)39-43,40-19-5-1-6-20-40)41-21-7-2-8-22-41/h1-39H. The highest BCUT2D eigenvalue weighted by Crippen LogP contribution is 2.60. The first-order chi connectivity index (χ1) is 28.7. The first-order valence-electron chi connectivity index (χ1n) is 20.0. The molecule has 0 radical (unpaired) electrons. The SMILES string of the molecule is O=P(c1ccccc1)(c1ccccc1)c1ccc(C2(c3ccc4c(c3)C(c3ccccc3)(c3ccccc3)c3ccccc3-4)c3ccccc3-c3ccccc32)cc1. The minimum Gasteiger partial charge on any atom is -0.309 e. The second-order valence-electron chi connectivity index (χ2n) is 15.5. The van der Waals surface area contributed by atoms with E-state index >= 15 is 4.57 Å². The number of hydrogen-bond donors (Lipinski definition) is 0. The van der Waals surface area contributed by atoms with Crippen molar-refractivity contribution < 1.29 is 4.57 Å². The lowest BCUT2D eigenvalue weighted by Crippen LogP contribution is -2.32. The van der Waals surface area contributed by atoms with E-state index in [1.54, 1.807) is 0 Å². The van der Waals surface area contributed by atoms with E-state index in [1.165, 1.54) is 61.2 Å². The molecule has 0 amide bonds. The van der Waals surface area contributed by atoms with Gasteiger partial charge in [0.15, 0.2) is 7.14 Å². The molecule has 0 spiro atoms. The van der Waals surface area contributed by atoms with Gasteiger partial charge in [0.2, 0.25) is 0 Å². The lowest BCUT2D eigenvalue weighted by Gasteiger charge is -2.37. The van der Waals surface area contributed by atoms with Crippen LogP contribution in [0, 0.1) is 0 Å². The van der Waals surface area contributed by atoms with Crippen molar-refractivity contribution in [2.24, 2.45) is 0 Å². The maximum absolute atomic E-state index is 15.6. The summed E-state index contributed by atoms with van der Waals surface area (Å²) in [5.41, 5.74) is 13.7. The van der Waals surface area contributed by atoms with E-state index in [9.17, 15) is 0 Å². The predicted molar refractivity (Wildman–Crippen MR) is 240 cm³/mol. The normalized spacial score (nSPS) is 14.2. The van der Waals surface area contributed by atoms with Crippen LogP contribution in [0.5, 0.6) is 0 Å². The van der Waals surface area contributed by atoms with E-state index in [2.05, 4.69) is 176 Å². The van der Waals surface area contributed by atoms with Gasteiger partial charge in [-0.1, -0.05) is 237 Å². The molecular formula is C56H39OP. The van der Waals surface area contributed by atoms with E-state index in [0.29, 0.717) is 0 Å². The van der Waals surface area contributed by atoms with E-state index in [4.69, 9.17) is 0 Å². The fourth-order valence-electron chi connectivity index (χ4n) is 10.3. The largest absolute Gasteiger partial charge is 0.309 e. The van der Waals surface area contributed by atoms with Gasteiger partial charge in [-0.05, 0) is 66.8 Å². The molecular weight excluding hydrogens is 720 g/mol. The van der Waals surface area contributed by atoms with Gasteiger partial charge in [-0.15, -0.1) is 0 Å². The van der Waals surface area contributed by atoms with Crippen molar-refractivity contribution >= 4 is 23.1 Å². The fourth-order valence-corrected chi connectivity index (χ4v) is 13.0. The Hall–Kier alpha value is -6.79. The average Bonchev–Trinajstić information content (AvgIpc) is 3.78. The molecule has 0 N–H and O–H groups in total. The Morgan fingerprint density at radius 2 is 0.569 bits per heavy atom. The summed E-state index contributed by atoms with van der Waals surface area (Å²) < 4.78 is 15.6. The Morgan fingerprint density at radius 1 is 0.259 bits per heavy atom. The van der Waals surface area contributed by atoms with Crippen molar-refractivity contribution in [3.8, 4) is 22.3 Å². The van der Waals surface area contributed by atoms with Crippen LogP contribution in [-0.4, -0.2) is 0 Å². The number of fused-ring (bicyclic) bond motifs is 6. The molecule has 0 heterocycles. The monoisotopic (exact) mass is 758 g/mol. The average molecular weight is 759 g/mol. The lowest BCUT2D eigenvalue weighted by molar-refractivity contribution is 0.592. The van der Waals surface area contributed by atoms with E-state index < -0.39 is 18.0 Å². The van der Waals surface area contributed by atoms with Gasteiger partial charge in [0.05, 0.1) is 10.8 Å². The Bertz CT molecular complexity index is 2880. The summed E-state index contributed by atoms with van der Waals surface area (Å²) >= 11 is 0. The summed E-state index contributed by atoms with van der Waals surface area (Å²) in [5.74, 6) is 0. The van der Waals surface area contributed by atoms with Gasteiger partial charge >= 0.3 is 0 Å². The molecule has 274 valence electrons. The number of hydrogen-bond acceptors (Lipinski definition) is 1. The van der Waals surface area contributed by atoms with Crippen LogP contribution in [0.2, 0.25) is 0 Å². The fraction of sp³-hybridized carbons (Fsp3) is 0.0357. The minimum absolute atomic E-state index is 0.537. The van der Waals surface area contributed by atoms with Gasteiger partial charge in [-0.3, -0.25) is 0 Å². The van der Waals surface area contributed by atoms with Crippen LogP contribution >= 0.6 is 7.14 Å². The highest BCUT2D eigenvalue weighted by Gasteiger charge is 2.50. The molecule has 0 unspecified atom stereocenters. The summed E-state index contributed by atoms with van der Waals surface area (Å²) in [6.07, 6.45) is 0. The third-order valence-corrected chi connectivity index (χ3v) is 15.8. The van der Waals surface area contributed by atoms with E-state index in [0.717, 1.165) is 21.5 Å². The van der Waals surface area contributed by atoms with Gasteiger partial charge < -0.3 is 4.57 Å². The molecule has 9 aromatic carbocycles. The molecule has 2 heteroatoms. The summed E-state index contributed by atoms with van der Waals surface area (Å²) in [4.78, 5) is 0. The molecule has 1 nitrogen and oxygen atoms in total. The van der Waals surface area contributed by atoms with Gasteiger partial charge in [0.25, 0.3) is 0 Å². The zero-order chi connectivity index (χ0) is 38.7. The van der Waals surface area contributed by atoms with Crippen molar-refractivity contribution in [2.45, 2.75) is 10.8 Å². The molecule has 0 saturated carbocycles. The van der Waals surface area contributed by atoms with Gasteiger partial charge in [-0.25, -0.2) is 0 Å². The second-order valence-corrected chi connectivity index (χ2v) is 18.2. The molecule has 0 saturated heterocycles. The van der Waals surface area contributed by atoms with Gasteiger partial charge in [0.1, 0.15) is 0 Å². The summed E-state index contributed by atoms with van der Waals surface area (Å²) in [7, 11) is -3.18. The topological polar surface area (TPSA) is 17.1 Å². The van der Waals surface area contributed by atoms with Crippen molar-refractivity contribution in [1.29, 1.82) is 0 Å². The van der Waals surface area contributed by atoms with E-state index in [1.807, 2.05) is 60.7 Å². The van der Waals surface area contributed by atoms with Crippen LogP contribution < -0.4 is 15.9 Å². The Balaban J connectivity index is 1.20. The molecule has 0 aliphatic heterocycles. The van der Waals surface area contributed by atoms with Crippen LogP contribution in [0.15, 0.2) is 237 Å². The van der Waals surface area contributed by atoms with Crippen LogP contribution in [0.1, 0.15) is 44.5 Å². The van der Waals surface area contributed by atoms with Crippen LogP contribution in [0.4, 0.5) is 0 Å². The molecule has 0 atom stereocenters. The van der Waals surface area contributed by atoms with Crippen LogP contribution in [-0.2, 0) is 15.4 Å². The molecule has 9 aromatic rings. The van der Waals surface area contributed by atoms with E-state index in [-0.39, 0.29) is 0 Å². The van der Waals surface area contributed by atoms with Crippen molar-refractivity contribution in [3.05, 3.63) is 281 Å². The Morgan fingerprint density at radius 3 is 1.02 bits per heavy atom. The summed E-state index contributed by atoms with van der Waals surface area (Å²) in [5, 5.41) is 2.48. The first kappa shape index (κ1) is 34.5. The minimum atomic E-state index is -3.18. The molecule has 2 aliphatic carbocycles. The maximum Gasteiger partial charge on any atom is 0.171 e. The van der Waals surface area contributed by atoms with Crippen molar-refractivity contribution in [1.82, 2.24) is 0 Å². The zero-order valence-corrected chi connectivity index (χ0v) is 32.8. The molecule has 58 heavy (non-hydrogen) atoms.